The SMILES string of the molecule is CC(C)Cn1c(CN2CCNCC2=O)cc2cnccc21. The van der Waals surface area contributed by atoms with Crippen LogP contribution in [0, 0.1) is 5.92 Å². The van der Waals surface area contributed by atoms with Crippen LogP contribution in [0.3, 0.4) is 0 Å². The minimum atomic E-state index is 0.181. The Hall–Kier alpha value is -1.88. The van der Waals surface area contributed by atoms with Crippen LogP contribution < -0.4 is 5.32 Å². The van der Waals surface area contributed by atoms with Crippen LogP contribution in [-0.2, 0) is 17.9 Å². The van der Waals surface area contributed by atoms with Gasteiger partial charge in [0.15, 0.2) is 0 Å². The van der Waals surface area contributed by atoms with Gasteiger partial charge in [-0.1, -0.05) is 13.8 Å². The molecule has 0 saturated carbocycles. The summed E-state index contributed by atoms with van der Waals surface area (Å²) in [6.07, 6.45) is 3.73. The van der Waals surface area contributed by atoms with E-state index in [1.807, 2.05) is 17.3 Å². The minimum Gasteiger partial charge on any atom is -0.343 e. The average molecular weight is 286 g/mol. The fourth-order valence-electron chi connectivity index (χ4n) is 2.89. The van der Waals surface area contributed by atoms with Crippen molar-refractivity contribution >= 4 is 16.8 Å². The lowest BCUT2D eigenvalue weighted by atomic mass is 10.2. The molecule has 5 heteroatoms. The Morgan fingerprint density at radius 3 is 3.05 bits per heavy atom. The van der Waals surface area contributed by atoms with Crippen LogP contribution in [0.1, 0.15) is 19.5 Å². The molecule has 0 bridgehead atoms. The van der Waals surface area contributed by atoms with Gasteiger partial charge >= 0.3 is 0 Å². The van der Waals surface area contributed by atoms with Crippen molar-refractivity contribution in [3.8, 4) is 0 Å². The highest BCUT2D eigenvalue weighted by molar-refractivity contribution is 5.81. The third-order valence-electron chi connectivity index (χ3n) is 3.88. The Balaban J connectivity index is 1.94. The highest BCUT2D eigenvalue weighted by Gasteiger charge is 2.20. The molecule has 112 valence electrons. The fraction of sp³-hybridized carbons (Fsp3) is 0.500. The van der Waals surface area contributed by atoms with Crippen LogP contribution in [0.25, 0.3) is 10.9 Å². The summed E-state index contributed by atoms with van der Waals surface area (Å²) in [6.45, 7) is 8.18. The maximum Gasteiger partial charge on any atom is 0.236 e. The molecule has 5 nitrogen and oxygen atoms in total. The Kier molecular flexibility index (Phi) is 3.92. The van der Waals surface area contributed by atoms with Gasteiger partial charge in [-0.05, 0) is 18.1 Å². The minimum absolute atomic E-state index is 0.181. The normalized spacial score (nSPS) is 16.1. The molecule has 0 radical (unpaired) electrons. The summed E-state index contributed by atoms with van der Waals surface area (Å²) in [5, 5.41) is 4.26. The third kappa shape index (κ3) is 2.93. The van der Waals surface area contributed by atoms with E-state index in [9.17, 15) is 4.79 Å². The topological polar surface area (TPSA) is 50.2 Å². The number of piperazine rings is 1. The van der Waals surface area contributed by atoms with Gasteiger partial charge in [0.25, 0.3) is 0 Å². The molecule has 0 spiro atoms. The molecular formula is C16H22N4O. The zero-order valence-corrected chi connectivity index (χ0v) is 12.7. The first-order valence-corrected chi connectivity index (χ1v) is 7.56. The van der Waals surface area contributed by atoms with Crippen molar-refractivity contribution in [1.29, 1.82) is 0 Å². The zero-order chi connectivity index (χ0) is 14.8. The summed E-state index contributed by atoms with van der Waals surface area (Å²) < 4.78 is 2.33. The largest absolute Gasteiger partial charge is 0.343 e. The molecular weight excluding hydrogens is 264 g/mol. The van der Waals surface area contributed by atoms with Gasteiger partial charge < -0.3 is 14.8 Å². The predicted molar refractivity (Wildman–Crippen MR) is 82.9 cm³/mol. The highest BCUT2D eigenvalue weighted by atomic mass is 16.2. The van der Waals surface area contributed by atoms with Crippen LogP contribution in [0.15, 0.2) is 24.5 Å². The molecule has 2 aromatic rings. The molecule has 2 aromatic heterocycles. The van der Waals surface area contributed by atoms with Gasteiger partial charge in [0, 0.05) is 43.1 Å². The molecule has 0 atom stereocenters. The van der Waals surface area contributed by atoms with Crippen LogP contribution >= 0.6 is 0 Å². The van der Waals surface area contributed by atoms with Crippen molar-refractivity contribution < 1.29 is 4.79 Å². The van der Waals surface area contributed by atoms with E-state index in [0.717, 1.165) is 25.0 Å². The van der Waals surface area contributed by atoms with Crippen molar-refractivity contribution in [2.24, 2.45) is 5.92 Å². The van der Waals surface area contributed by atoms with E-state index in [1.54, 1.807) is 0 Å². The molecule has 0 unspecified atom stereocenters. The van der Waals surface area contributed by atoms with Crippen molar-refractivity contribution in [2.75, 3.05) is 19.6 Å². The van der Waals surface area contributed by atoms with Crippen molar-refractivity contribution in [3.63, 3.8) is 0 Å². The molecule has 21 heavy (non-hydrogen) atoms. The molecule has 0 aliphatic carbocycles. The molecule has 1 saturated heterocycles. The molecule has 0 aromatic carbocycles. The van der Waals surface area contributed by atoms with Crippen LogP contribution in [-0.4, -0.2) is 40.0 Å². The number of nitrogens with one attached hydrogen (secondary N) is 1. The Morgan fingerprint density at radius 2 is 2.29 bits per heavy atom. The Morgan fingerprint density at radius 1 is 1.43 bits per heavy atom. The Bertz CT molecular complexity index is 647. The second kappa shape index (κ2) is 5.85. The lowest BCUT2D eigenvalue weighted by molar-refractivity contribution is -0.132. The van der Waals surface area contributed by atoms with Crippen LogP contribution in [0.2, 0.25) is 0 Å². The van der Waals surface area contributed by atoms with E-state index in [0.29, 0.717) is 19.0 Å². The summed E-state index contributed by atoms with van der Waals surface area (Å²) in [6, 6.07) is 4.22. The summed E-state index contributed by atoms with van der Waals surface area (Å²) in [7, 11) is 0. The highest BCUT2D eigenvalue weighted by Crippen LogP contribution is 2.22. The van der Waals surface area contributed by atoms with Gasteiger partial charge in [-0.15, -0.1) is 0 Å². The number of fused-ring (bicyclic) bond motifs is 1. The molecule has 1 N–H and O–H groups in total. The lowest BCUT2D eigenvalue weighted by Crippen LogP contribution is -2.47. The molecule has 1 aliphatic rings. The summed E-state index contributed by atoms with van der Waals surface area (Å²) in [5.41, 5.74) is 2.40. The van der Waals surface area contributed by atoms with Gasteiger partial charge in [-0.25, -0.2) is 0 Å². The summed E-state index contributed by atoms with van der Waals surface area (Å²) >= 11 is 0. The number of pyridine rings is 1. The van der Waals surface area contributed by atoms with E-state index in [-0.39, 0.29) is 5.91 Å². The maximum absolute atomic E-state index is 12.0. The first-order valence-electron chi connectivity index (χ1n) is 7.56. The number of hydrogen-bond donors (Lipinski definition) is 1. The molecule has 1 fully saturated rings. The average Bonchev–Trinajstić information content (AvgIpc) is 2.79. The molecule has 3 heterocycles. The fourth-order valence-corrected chi connectivity index (χ4v) is 2.89. The van der Waals surface area contributed by atoms with Gasteiger partial charge in [-0.3, -0.25) is 9.78 Å². The smallest absolute Gasteiger partial charge is 0.236 e. The quantitative estimate of drug-likeness (QED) is 0.929. The number of carbonyl (C=O) groups is 1. The Labute approximate surface area is 125 Å². The van der Waals surface area contributed by atoms with Gasteiger partial charge in [0.1, 0.15) is 0 Å². The van der Waals surface area contributed by atoms with E-state index in [2.05, 4.69) is 40.8 Å². The van der Waals surface area contributed by atoms with Crippen LogP contribution in [0.4, 0.5) is 0 Å². The van der Waals surface area contributed by atoms with Crippen molar-refractivity contribution in [3.05, 3.63) is 30.2 Å². The van der Waals surface area contributed by atoms with Crippen molar-refractivity contribution in [1.82, 2.24) is 19.8 Å². The zero-order valence-electron chi connectivity index (χ0n) is 12.7. The number of amides is 1. The van der Waals surface area contributed by atoms with E-state index < -0.39 is 0 Å². The summed E-state index contributed by atoms with van der Waals surface area (Å²) in [5.74, 6) is 0.743. The lowest BCUT2D eigenvalue weighted by Gasteiger charge is -2.28. The van der Waals surface area contributed by atoms with Gasteiger partial charge in [0.05, 0.1) is 18.6 Å². The second-order valence-electron chi connectivity index (χ2n) is 6.07. The standard InChI is InChI=1S/C16H22N4O/c1-12(2)10-20-14(7-13-8-17-4-3-15(13)20)11-19-6-5-18-9-16(19)21/h3-4,7-8,12,18H,5-6,9-11H2,1-2H3. The van der Waals surface area contributed by atoms with Gasteiger partial charge in [0.2, 0.25) is 5.91 Å². The first-order chi connectivity index (χ1) is 10.1. The van der Waals surface area contributed by atoms with E-state index >= 15 is 0 Å². The third-order valence-corrected chi connectivity index (χ3v) is 3.88. The van der Waals surface area contributed by atoms with Crippen LogP contribution in [0.5, 0.6) is 0 Å². The van der Waals surface area contributed by atoms with Crippen molar-refractivity contribution in [2.45, 2.75) is 26.9 Å². The molecule has 1 aliphatic heterocycles. The predicted octanol–water partition coefficient (Wildman–Crippen LogP) is 1.62. The monoisotopic (exact) mass is 286 g/mol. The summed E-state index contributed by atoms with van der Waals surface area (Å²) in [4.78, 5) is 18.1. The number of rotatable bonds is 4. The van der Waals surface area contributed by atoms with Gasteiger partial charge in [-0.2, -0.15) is 0 Å². The first kappa shape index (κ1) is 14.1. The van der Waals surface area contributed by atoms with E-state index in [1.165, 1.54) is 11.2 Å². The second-order valence-corrected chi connectivity index (χ2v) is 6.07. The number of carbonyl (C=O) groups excluding carboxylic acids is 1. The number of nitrogens with zero attached hydrogens (tertiary/aromatic N) is 3. The molecule has 3 rings (SSSR count). The maximum atomic E-state index is 12.0. The number of hydrogen-bond acceptors (Lipinski definition) is 3. The molecule has 1 amide bonds. The van der Waals surface area contributed by atoms with E-state index in [4.69, 9.17) is 0 Å². The number of aromatic nitrogens is 2.